The molecule has 0 N–H and O–H groups in total. The van der Waals surface area contributed by atoms with Crippen molar-refractivity contribution in [3.05, 3.63) is 81.4 Å². The second kappa shape index (κ2) is 9.34. The zero-order valence-electron chi connectivity index (χ0n) is 16.8. The molecule has 0 aliphatic rings. The summed E-state index contributed by atoms with van der Waals surface area (Å²) in [5.74, 6) is -1.14. The Balaban J connectivity index is 2.31. The van der Waals surface area contributed by atoms with E-state index < -0.39 is 11.9 Å². The molecule has 0 aliphatic heterocycles. The number of nitrogens with zero attached hydrogens (tertiary/aromatic N) is 2. The maximum Gasteiger partial charge on any atom is 0.430 e. The number of nitriles is 1. The maximum absolute atomic E-state index is 12.4. The number of methoxy groups -OCH3 is 1. The molecular weight excluding hydrogens is 368 g/mol. The average Bonchev–Trinajstić information content (AvgIpc) is 2.72. The molecule has 0 heterocycles. The van der Waals surface area contributed by atoms with E-state index in [9.17, 15) is 9.59 Å². The summed E-state index contributed by atoms with van der Waals surface area (Å²) in [4.78, 5) is 29.4. The Morgan fingerprint density at radius 3 is 2.28 bits per heavy atom. The van der Waals surface area contributed by atoms with Gasteiger partial charge >= 0.3 is 18.0 Å². The van der Waals surface area contributed by atoms with Crippen LogP contribution in [0.3, 0.4) is 0 Å². The third-order valence-electron chi connectivity index (χ3n) is 4.21. The number of ether oxygens (including phenoxy) is 1. The third kappa shape index (κ3) is 5.09. The first-order valence-electron chi connectivity index (χ1n) is 8.88. The second-order valence-corrected chi connectivity index (χ2v) is 6.68. The zero-order valence-corrected chi connectivity index (χ0v) is 16.8. The molecule has 2 aromatic rings. The molecule has 0 saturated carbocycles. The minimum Gasteiger partial charge on any atom is -0.465 e. The summed E-state index contributed by atoms with van der Waals surface area (Å²) in [6.45, 7) is 9.50. The summed E-state index contributed by atoms with van der Waals surface area (Å²) in [6, 6.07) is 14.3. The van der Waals surface area contributed by atoms with Gasteiger partial charge in [-0.15, -0.1) is 0 Å². The Kier molecular flexibility index (Phi) is 6.89. The van der Waals surface area contributed by atoms with E-state index in [-0.39, 0.29) is 11.5 Å². The molecule has 0 atom stereocenters. The number of hydrogen-bond acceptors (Lipinski definition) is 5. The number of benzene rings is 2. The van der Waals surface area contributed by atoms with E-state index in [0.29, 0.717) is 27.8 Å². The predicted molar refractivity (Wildman–Crippen MR) is 110 cm³/mol. The van der Waals surface area contributed by atoms with E-state index >= 15 is 0 Å². The first kappa shape index (κ1) is 21.4. The molecule has 0 amide bonds. The summed E-state index contributed by atoms with van der Waals surface area (Å²) in [7, 11) is 1.29. The minimum atomic E-state index is -0.690. The molecular formula is C23H21N2O4+. The molecule has 2 rings (SSSR count). The molecule has 0 aromatic heterocycles. The van der Waals surface area contributed by atoms with E-state index in [2.05, 4.69) is 17.7 Å². The van der Waals surface area contributed by atoms with Gasteiger partial charge in [-0.25, -0.2) is 9.59 Å². The lowest BCUT2D eigenvalue weighted by Crippen LogP contribution is -2.06. The first-order valence-corrected chi connectivity index (χ1v) is 8.88. The van der Waals surface area contributed by atoms with Crippen molar-refractivity contribution in [2.75, 3.05) is 7.11 Å². The van der Waals surface area contributed by atoms with Gasteiger partial charge in [-0.1, -0.05) is 43.0 Å². The Labute approximate surface area is 169 Å². The van der Waals surface area contributed by atoms with Crippen molar-refractivity contribution in [2.24, 2.45) is 0 Å². The average molecular weight is 389 g/mol. The number of hydrogen-bond donors (Lipinski definition) is 0. The lowest BCUT2D eigenvalue weighted by Gasteiger charge is -2.08. The topological polar surface area (TPSA) is 80.8 Å². The van der Waals surface area contributed by atoms with Crippen molar-refractivity contribution in [3.8, 4) is 12.1 Å². The van der Waals surface area contributed by atoms with Gasteiger partial charge in [0.1, 0.15) is 5.56 Å². The van der Waals surface area contributed by atoms with Crippen LogP contribution in [0.5, 0.6) is 0 Å². The summed E-state index contributed by atoms with van der Waals surface area (Å²) in [5, 5.41) is 12.7. The van der Waals surface area contributed by atoms with Crippen LogP contribution in [0.1, 0.15) is 69.7 Å². The van der Waals surface area contributed by atoms with Gasteiger partial charge in [0.25, 0.3) is 0 Å². The SMILES string of the molecule is C=C(C)c1ccc(C#[N+]OC(=O)c2cc(C#N)ccc2C(C)C)cc1C(=O)OC. The standard InChI is InChI=1S/C23H21N2O4/c1-14(2)18-9-7-17(11-20(18)22(26)28-5)13-25-29-23(27)21-10-16(12-24)6-8-19(21)15(3)4/h6-11,15H,1H2,2-5H3/q+1. The Morgan fingerprint density at radius 1 is 1.03 bits per heavy atom. The van der Waals surface area contributed by atoms with Crippen LogP contribution < -0.4 is 0 Å². The van der Waals surface area contributed by atoms with Crippen molar-refractivity contribution in [1.29, 1.82) is 5.26 Å². The molecule has 0 radical (unpaired) electrons. The van der Waals surface area contributed by atoms with Crippen molar-refractivity contribution in [2.45, 2.75) is 26.7 Å². The van der Waals surface area contributed by atoms with E-state index in [1.807, 2.05) is 19.9 Å². The molecule has 29 heavy (non-hydrogen) atoms. The summed E-state index contributed by atoms with van der Waals surface area (Å²) in [6.07, 6.45) is 0. The smallest absolute Gasteiger partial charge is 0.430 e. The van der Waals surface area contributed by atoms with Gasteiger partial charge in [-0.3, -0.25) is 0 Å². The predicted octanol–water partition coefficient (Wildman–Crippen LogP) is 4.95. The van der Waals surface area contributed by atoms with Gasteiger partial charge in [0.2, 0.25) is 5.01 Å². The lowest BCUT2D eigenvalue weighted by molar-refractivity contribution is 0.0598. The molecule has 146 valence electrons. The first-order chi connectivity index (χ1) is 13.8. The zero-order chi connectivity index (χ0) is 21.6. The quantitative estimate of drug-likeness (QED) is 0.546. The van der Waals surface area contributed by atoms with Gasteiger partial charge in [-0.05, 0) is 48.2 Å². The number of esters is 1. The Bertz CT molecular complexity index is 1080. The molecule has 0 aliphatic carbocycles. The normalized spacial score (nSPS) is 9.79. The van der Waals surface area contributed by atoms with Crippen LogP contribution in [0, 0.1) is 17.4 Å². The van der Waals surface area contributed by atoms with Crippen LogP contribution in [-0.4, -0.2) is 19.0 Å². The van der Waals surface area contributed by atoms with E-state index in [1.165, 1.54) is 19.2 Å². The fourth-order valence-corrected chi connectivity index (χ4v) is 2.74. The molecule has 0 bridgehead atoms. The van der Waals surface area contributed by atoms with Gasteiger partial charge in [0.05, 0.1) is 29.9 Å². The highest BCUT2D eigenvalue weighted by molar-refractivity contribution is 5.95. The number of rotatable bonds is 4. The summed E-state index contributed by atoms with van der Waals surface area (Å²) in [5.41, 5.74) is 3.48. The van der Waals surface area contributed by atoms with Crippen LogP contribution in [0.15, 0.2) is 43.0 Å². The molecule has 0 spiro atoms. The highest BCUT2D eigenvalue weighted by atomic mass is 16.7. The van der Waals surface area contributed by atoms with Crippen LogP contribution in [0.2, 0.25) is 0 Å². The van der Waals surface area contributed by atoms with Crippen molar-refractivity contribution in [1.82, 2.24) is 0 Å². The number of carbonyl (C=O) groups is 2. The third-order valence-corrected chi connectivity index (χ3v) is 4.21. The largest absolute Gasteiger partial charge is 0.465 e. The van der Waals surface area contributed by atoms with E-state index in [1.54, 1.807) is 31.2 Å². The number of allylic oxidation sites excluding steroid dienone is 1. The maximum atomic E-state index is 12.4. The van der Waals surface area contributed by atoms with Crippen LogP contribution in [0.25, 0.3) is 10.6 Å². The van der Waals surface area contributed by atoms with E-state index in [4.69, 9.17) is 14.8 Å². The van der Waals surface area contributed by atoms with Crippen LogP contribution in [0.4, 0.5) is 0 Å². The molecule has 0 fully saturated rings. The second-order valence-electron chi connectivity index (χ2n) is 6.68. The van der Waals surface area contributed by atoms with Crippen molar-refractivity contribution < 1.29 is 19.2 Å². The Morgan fingerprint density at radius 2 is 1.69 bits per heavy atom. The summed E-state index contributed by atoms with van der Waals surface area (Å²) >= 11 is 0. The lowest BCUT2D eigenvalue weighted by atomic mass is 9.95. The molecule has 0 unspecified atom stereocenters. The van der Waals surface area contributed by atoms with Crippen molar-refractivity contribution >= 4 is 17.5 Å². The number of carbonyl (C=O) groups excluding carboxylic acids is 2. The van der Waals surface area contributed by atoms with Crippen LogP contribution in [-0.2, 0) is 9.57 Å². The highest BCUT2D eigenvalue weighted by Crippen LogP contribution is 2.22. The molecule has 6 heteroatoms. The molecule has 2 aromatic carbocycles. The van der Waals surface area contributed by atoms with Gasteiger partial charge in [-0.2, -0.15) is 5.26 Å². The summed E-state index contributed by atoms with van der Waals surface area (Å²) < 4.78 is 4.79. The molecule has 0 saturated heterocycles. The van der Waals surface area contributed by atoms with Crippen molar-refractivity contribution in [3.63, 3.8) is 0 Å². The van der Waals surface area contributed by atoms with E-state index in [0.717, 1.165) is 5.56 Å². The Hall–Kier alpha value is -3.90. The monoisotopic (exact) mass is 389 g/mol. The van der Waals surface area contributed by atoms with Crippen LogP contribution >= 0.6 is 0 Å². The fraction of sp³-hybridized carbons (Fsp3) is 0.217. The fourth-order valence-electron chi connectivity index (χ4n) is 2.74. The highest BCUT2D eigenvalue weighted by Gasteiger charge is 2.20. The molecule has 6 nitrogen and oxygen atoms in total. The van der Waals surface area contributed by atoms with Gasteiger partial charge in [0, 0.05) is 0 Å². The van der Waals surface area contributed by atoms with Gasteiger partial charge < -0.3 is 4.74 Å². The minimum absolute atomic E-state index is 0.0653. The van der Waals surface area contributed by atoms with Gasteiger partial charge in [0.15, 0.2) is 0 Å².